The second-order valence-electron chi connectivity index (χ2n) is 7.97. The zero-order valence-corrected chi connectivity index (χ0v) is 19.0. The van der Waals surface area contributed by atoms with Gasteiger partial charge in [0.05, 0.1) is 26.0 Å². The molecule has 0 aliphatic carbocycles. The molecule has 0 unspecified atom stereocenters. The predicted molar refractivity (Wildman–Crippen MR) is 129 cm³/mol. The average Bonchev–Trinajstić information content (AvgIpc) is 2.88. The number of hydrogen-bond acceptors (Lipinski definition) is 7. The van der Waals surface area contributed by atoms with Crippen LogP contribution in [0, 0.1) is 4.91 Å². The molecule has 0 atom stereocenters. The summed E-state index contributed by atoms with van der Waals surface area (Å²) >= 11 is 0. The second kappa shape index (κ2) is 10.4. The third-order valence-corrected chi connectivity index (χ3v) is 5.81. The SMILES string of the molecule is CCCCc1cc(-c2cccc(OC)c2)nn(-c2cc(N3CCOCC3)ccc2N=O)c1=O. The molecule has 1 aromatic heterocycles. The lowest BCUT2D eigenvalue weighted by atomic mass is 10.1. The van der Waals surface area contributed by atoms with E-state index in [0.29, 0.717) is 42.3 Å². The lowest BCUT2D eigenvalue weighted by molar-refractivity contribution is 0.122. The van der Waals surface area contributed by atoms with Crippen molar-refractivity contribution in [2.75, 3.05) is 38.3 Å². The third kappa shape index (κ3) is 4.96. The molecule has 8 nitrogen and oxygen atoms in total. The standard InChI is InChI=1S/C25H28N4O4/c1-3-4-6-19-16-23(18-7-5-8-21(15-18)32-2)26-29(25(19)30)24-17-20(9-10-22(24)27-31)28-11-13-33-14-12-28/h5,7-10,15-17H,3-4,6,11-14H2,1-2H3. The molecule has 1 fully saturated rings. The van der Waals surface area contributed by atoms with Crippen LogP contribution in [0.15, 0.2) is 58.5 Å². The minimum Gasteiger partial charge on any atom is -0.497 e. The summed E-state index contributed by atoms with van der Waals surface area (Å²) in [6.07, 6.45) is 2.47. The van der Waals surface area contributed by atoms with Gasteiger partial charge in [0.1, 0.15) is 17.1 Å². The van der Waals surface area contributed by atoms with Crippen molar-refractivity contribution in [3.8, 4) is 22.7 Å². The first-order valence-electron chi connectivity index (χ1n) is 11.2. The number of aryl methyl sites for hydroxylation is 1. The molecule has 33 heavy (non-hydrogen) atoms. The first kappa shape index (κ1) is 22.7. The fourth-order valence-corrected chi connectivity index (χ4v) is 3.95. The molecule has 0 spiro atoms. The molecule has 172 valence electrons. The van der Waals surface area contributed by atoms with Gasteiger partial charge < -0.3 is 14.4 Å². The van der Waals surface area contributed by atoms with Crippen LogP contribution in [0.4, 0.5) is 11.4 Å². The topological polar surface area (TPSA) is 86.0 Å². The van der Waals surface area contributed by atoms with Crippen LogP contribution in [0.2, 0.25) is 0 Å². The highest BCUT2D eigenvalue weighted by Gasteiger charge is 2.18. The van der Waals surface area contributed by atoms with Crippen LogP contribution >= 0.6 is 0 Å². The van der Waals surface area contributed by atoms with Gasteiger partial charge in [0.15, 0.2) is 0 Å². The van der Waals surface area contributed by atoms with E-state index in [1.165, 1.54) is 4.68 Å². The molecule has 8 heteroatoms. The monoisotopic (exact) mass is 448 g/mol. The van der Waals surface area contributed by atoms with Gasteiger partial charge in [-0.2, -0.15) is 9.78 Å². The number of morpholine rings is 1. The lowest BCUT2D eigenvalue weighted by Gasteiger charge is -2.29. The van der Waals surface area contributed by atoms with Crippen molar-refractivity contribution >= 4 is 11.4 Å². The number of nitrogens with zero attached hydrogens (tertiary/aromatic N) is 4. The minimum absolute atomic E-state index is 0.172. The van der Waals surface area contributed by atoms with Gasteiger partial charge in [-0.15, -0.1) is 4.91 Å². The number of anilines is 1. The van der Waals surface area contributed by atoms with E-state index < -0.39 is 0 Å². The van der Waals surface area contributed by atoms with Crippen molar-refractivity contribution in [3.63, 3.8) is 0 Å². The van der Waals surface area contributed by atoms with Crippen LogP contribution < -0.4 is 15.2 Å². The Hall–Kier alpha value is -3.52. The van der Waals surface area contributed by atoms with E-state index in [4.69, 9.17) is 9.47 Å². The predicted octanol–water partition coefficient (Wildman–Crippen LogP) is 4.49. The van der Waals surface area contributed by atoms with Gasteiger partial charge in [0.25, 0.3) is 5.56 Å². The Bertz CT molecular complexity index is 1190. The van der Waals surface area contributed by atoms with Crippen LogP contribution in [0.25, 0.3) is 16.9 Å². The molecule has 0 saturated carbocycles. The Morgan fingerprint density at radius 1 is 1.12 bits per heavy atom. The molecule has 0 bridgehead atoms. The second-order valence-corrected chi connectivity index (χ2v) is 7.97. The Balaban J connectivity index is 1.88. The molecular formula is C25H28N4O4. The summed E-state index contributed by atoms with van der Waals surface area (Å²) in [6.45, 7) is 4.83. The van der Waals surface area contributed by atoms with Crippen LogP contribution in [0.1, 0.15) is 25.3 Å². The van der Waals surface area contributed by atoms with E-state index in [1.807, 2.05) is 42.5 Å². The zero-order valence-electron chi connectivity index (χ0n) is 19.0. The van der Waals surface area contributed by atoms with Crippen LogP contribution in [-0.4, -0.2) is 43.2 Å². The van der Waals surface area contributed by atoms with Crippen molar-refractivity contribution < 1.29 is 9.47 Å². The van der Waals surface area contributed by atoms with Gasteiger partial charge in [0.2, 0.25) is 0 Å². The molecule has 1 aliphatic heterocycles. The third-order valence-electron chi connectivity index (χ3n) is 5.81. The van der Waals surface area contributed by atoms with Crippen LogP contribution in [-0.2, 0) is 11.2 Å². The molecule has 2 aromatic carbocycles. The Morgan fingerprint density at radius 2 is 1.94 bits per heavy atom. The van der Waals surface area contributed by atoms with Gasteiger partial charge in [-0.3, -0.25) is 4.79 Å². The molecule has 1 saturated heterocycles. The van der Waals surface area contributed by atoms with E-state index in [2.05, 4.69) is 22.1 Å². The molecule has 4 rings (SSSR count). The van der Waals surface area contributed by atoms with Crippen molar-refractivity contribution in [1.82, 2.24) is 9.78 Å². The van der Waals surface area contributed by atoms with Crippen molar-refractivity contribution in [3.05, 3.63) is 69.4 Å². The number of benzene rings is 2. The average molecular weight is 449 g/mol. The summed E-state index contributed by atoms with van der Waals surface area (Å²) in [5.41, 5.74) is 3.32. The summed E-state index contributed by atoms with van der Waals surface area (Å²) in [4.78, 5) is 27.3. The maximum atomic E-state index is 13.4. The number of methoxy groups -OCH3 is 1. The highest BCUT2D eigenvalue weighted by molar-refractivity contribution is 5.67. The largest absolute Gasteiger partial charge is 0.497 e. The smallest absolute Gasteiger partial charge is 0.274 e. The molecule has 3 aromatic rings. The molecule has 1 aliphatic rings. The fourth-order valence-electron chi connectivity index (χ4n) is 3.95. The summed E-state index contributed by atoms with van der Waals surface area (Å²) in [5, 5.41) is 7.84. The van der Waals surface area contributed by atoms with Crippen molar-refractivity contribution in [2.45, 2.75) is 26.2 Å². The molecule has 2 heterocycles. The number of unbranched alkanes of at least 4 members (excludes halogenated alkanes) is 1. The molecule has 0 N–H and O–H groups in total. The van der Waals surface area contributed by atoms with Crippen molar-refractivity contribution in [1.29, 1.82) is 0 Å². The van der Waals surface area contributed by atoms with Crippen LogP contribution in [0.3, 0.4) is 0 Å². The van der Waals surface area contributed by atoms with E-state index in [0.717, 1.165) is 37.2 Å². The Morgan fingerprint density at radius 3 is 2.67 bits per heavy atom. The normalized spacial score (nSPS) is 13.7. The first-order chi connectivity index (χ1) is 16.1. The number of rotatable bonds is 8. The highest BCUT2D eigenvalue weighted by Crippen LogP contribution is 2.29. The lowest BCUT2D eigenvalue weighted by Crippen LogP contribution is -2.36. The van der Waals surface area contributed by atoms with Crippen LogP contribution in [0.5, 0.6) is 5.75 Å². The molecule has 0 radical (unpaired) electrons. The maximum absolute atomic E-state index is 13.4. The maximum Gasteiger partial charge on any atom is 0.274 e. The zero-order chi connectivity index (χ0) is 23.2. The highest BCUT2D eigenvalue weighted by atomic mass is 16.5. The molecule has 0 amide bonds. The van der Waals surface area contributed by atoms with Crippen molar-refractivity contribution in [2.24, 2.45) is 5.18 Å². The van der Waals surface area contributed by atoms with Gasteiger partial charge in [0, 0.05) is 29.9 Å². The quantitative estimate of drug-likeness (QED) is 0.472. The van der Waals surface area contributed by atoms with Gasteiger partial charge in [-0.1, -0.05) is 25.5 Å². The minimum atomic E-state index is -0.237. The van der Waals surface area contributed by atoms with E-state index >= 15 is 0 Å². The summed E-state index contributed by atoms with van der Waals surface area (Å²) in [7, 11) is 1.61. The number of ether oxygens (including phenoxy) is 2. The van der Waals surface area contributed by atoms with Gasteiger partial charge in [-0.25, -0.2) is 0 Å². The number of nitroso groups, excluding NO2 is 1. The first-order valence-corrected chi connectivity index (χ1v) is 11.2. The Kier molecular flexibility index (Phi) is 7.14. The summed E-state index contributed by atoms with van der Waals surface area (Å²) in [5.74, 6) is 0.701. The summed E-state index contributed by atoms with van der Waals surface area (Å²) in [6, 6.07) is 14.7. The number of hydrogen-bond donors (Lipinski definition) is 0. The summed E-state index contributed by atoms with van der Waals surface area (Å²) < 4.78 is 12.1. The fraction of sp³-hybridized carbons (Fsp3) is 0.360. The number of aromatic nitrogens is 2. The van der Waals surface area contributed by atoms with Gasteiger partial charge in [-0.05, 0) is 54.4 Å². The van der Waals surface area contributed by atoms with Gasteiger partial charge >= 0.3 is 0 Å². The van der Waals surface area contributed by atoms with E-state index in [9.17, 15) is 9.70 Å². The molecular weight excluding hydrogens is 420 g/mol. The Labute approximate surface area is 192 Å². The van der Waals surface area contributed by atoms with E-state index in [-0.39, 0.29) is 11.2 Å². The van der Waals surface area contributed by atoms with E-state index in [1.54, 1.807) is 13.2 Å².